The average Bonchev–Trinajstić information content (AvgIpc) is 3.12. The van der Waals surface area contributed by atoms with Gasteiger partial charge in [-0.2, -0.15) is 23.3 Å². The summed E-state index contributed by atoms with van der Waals surface area (Å²) in [7, 11) is 0. The number of hydrogen-bond acceptors (Lipinski definition) is 3. The van der Waals surface area contributed by atoms with E-state index in [-0.39, 0.29) is 18.7 Å². The molecule has 1 N–H and O–H groups in total. The lowest BCUT2D eigenvalue weighted by Crippen LogP contribution is -2.53. The Kier molecular flexibility index (Phi) is 7.24. The van der Waals surface area contributed by atoms with E-state index >= 15 is 0 Å². The van der Waals surface area contributed by atoms with E-state index in [1.54, 1.807) is 84.9 Å². The van der Waals surface area contributed by atoms with Gasteiger partial charge in [0.05, 0.1) is 17.3 Å². The van der Waals surface area contributed by atoms with E-state index in [0.717, 1.165) is 10.6 Å². The van der Waals surface area contributed by atoms with Gasteiger partial charge in [-0.15, -0.1) is 0 Å². The summed E-state index contributed by atoms with van der Waals surface area (Å²) in [5, 5.41) is 7.90. The number of anilines is 1. The van der Waals surface area contributed by atoms with Gasteiger partial charge >= 0.3 is 6.18 Å². The molecule has 0 fully saturated rings. The van der Waals surface area contributed by atoms with E-state index in [1.807, 2.05) is 6.07 Å². The van der Waals surface area contributed by atoms with Crippen molar-refractivity contribution in [2.75, 3.05) is 5.01 Å². The number of carbonyl (C=O) groups is 2. The molecule has 1 aliphatic rings. The van der Waals surface area contributed by atoms with E-state index in [2.05, 4.69) is 10.4 Å². The number of amides is 2. The van der Waals surface area contributed by atoms with Crippen molar-refractivity contribution in [3.05, 3.63) is 102 Å². The fourth-order valence-corrected chi connectivity index (χ4v) is 4.64. The van der Waals surface area contributed by atoms with Crippen LogP contribution < -0.4 is 10.3 Å². The first kappa shape index (κ1) is 25.2. The highest BCUT2D eigenvalue weighted by atomic mass is 19.4. The zero-order valence-electron chi connectivity index (χ0n) is 19.7. The van der Waals surface area contributed by atoms with E-state index in [0.29, 0.717) is 11.3 Å². The van der Waals surface area contributed by atoms with Crippen LogP contribution >= 0.6 is 0 Å². The number of carbonyl (C=O) groups excluding carboxylic acids is 2. The Hall–Kier alpha value is -3.94. The van der Waals surface area contributed by atoms with Gasteiger partial charge in [-0.1, -0.05) is 78.9 Å². The second kappa shape index (κ2) is 10.4. The van der Waals surface area contributed by atoms with Crippen molar-refractivity contribution in [1.29, 1.82) is 0 Å². The van der Waals surface area contributed by atoms with Crippen LogP contribution in [0.3, 0.4) is 0 Å². The molecule has 0 spiro atoms. The number of rotatable bonds is 8. The van der Waals surface area contributed by atoms with Crippen LogP contribution in [0.1, 0.15) is 24.5 Å². The minimum Gasteiger partial charge on any atom is -0.352 e. The molecule has 4 rings (SSSR count). The van der Waals surface area contributed by atoms with Gasteiger partial charge in [0.1, 0.15) is 5.41 Å². The van der Waals surface area contributed by atoms with Gasteiger partial charge in [-0.3, -0.25) is 9.59 Å². The molecular formula is C28H26F3N3O2. The lowest BCUT2D eigenvalue weighted by Gasteiger charge is -2.37. The molecule has 8 heteroatoms. The molecule has 186 valence electrons. The number of hydrogen-bond donors (Lipinski definition) is 1. The Bertz CT molecular complexity index is 1230. The summed E-state index contributed by atoms with van der Waals surface area (Å²) >= 11 is 0. The molecule has 0 unspecified atom stereocenters. The van der Waals surface area contributed by atoms with Crippen molar-refractivity contribution in [3.8, 4) is 0 Å². The van der Waals surface area contributed by atoms with Crippen molar-refractivity contribution < 1.29 is 22.8 Å². The maximum absolute atomic E-state index is 14.7. The van der Waals surface area contributed by atoms with Crippen LogP contribution in [0.4, 0.5) is 18.9 Å². The number of nitrogens with zero attached hydrogens (tertiary/aromatic N) is 2. The van der Waals surface area contributed by atoms with Gasteiger partial charge in [0.25, 0.3) is 5.91 Å². The van der Waals surface area contributed by atoms with Gasteiger partial charge in [0.15, 0.2) is 0 Å². The molecule has 0 aliphatic carbocycles. The van der Waals surface area contributed by atoms with E-state index in [4.69, 9.17) is 0 Å². The predicted octanol–water partition coefficient (Wildman–Crippen LogP) is 5.52. The van der Waals surface area contributed by atoms with Crippen LogP contribution in [0.2, 0.25) is 0 Å². The molecule has 3 aromatic carbocycles. The highest BCUT2D eigenvalue weighted by Gasteiger charge is 2.63. The first-order valence-corrected chi connectivity index (χ1v) is 11.6. The van der Waals surface area contributed by atoms with Crippen LogP contribution in [-0.4, -0.2) is 23.7 Å². The van der Waals surface area contributed by atoms with Crippen molar-refractivity contribution >= 4 is 23.2 Å². The summed E-state index contributed by atoms with van der Waals surface area (Å²) in [5.74, 6) is -3.86. The summed E-state index contributed by atoms with van der Waals surface area (Å²) in [6.45, 7) is 1.53. The number of hydrazone groups is 1. The van der Waals surface area contributed by atoms with Crippen LogP contribution in [0.15, 0.2) is 96.1 Å². The molecule has 5 nitrogen and oxygen atoms in total. The Balaban J connectivity index is 1.71. The number of alkyl halides is 3. The third kappa shape index (κ3) is 5.17. The van der Waals surface area contributed by atoms with Crippen LogP contribution in [0.25, 0.3) is 0 Å². The topological polar surface area (TPSA) is 61.8 Å². The quantitative estimate of drug-likeness (QED) is 0.449. The van der Waals surface area contributed by atoms with Gasteiger partial charge in [-0.25, -0.2) is 0 Å². The summed E-state index contributed by atoms with van der Waals surface area (Å²) < 4.78 is 44.1. The highest BCUT2D eigenvalue weighted by Crippen LogP contribution is 2.49. The zero-order chi connectivity index (χ0) is 25.8. The fourth-order valence-electron chi connectivity index (χ4n) is 4.64. The summed E-state index contributed by atoms with van der Waals surface area (Å²) in [6.07, 6.45) is -5.97. The summed E-state index contributed by atoms with van der Waals surface area (Å²) in [5.41, 5.74) is -0.364. The standard InChI is InChI=1S/C28H26F3N3O2/c1-20-27(18-21-11-5-2-6-12-21,26(36)34(33-20)23-15-9-4-10-16-23)24(28(29,30)31)17-25(35)32-19-22-13-7-3-8-14-22/h2-16,24H,17-19H2,1H3,(H,32,35)/t24-,27-/m0/s1. The molecule has 0 aromatic heterocycles. The van der Waals surface area contributed by atoms with E-state index < -0.39 is 35.7 Å². The maximum atomic E-state index is 14.7. The van der Waals surface area contributed by atoms with Crippen molar-refractivity contribution in [2.45, 2.75) is 32.5 Å². The second-order valence-electron chi connectivity index (χ2n) is 8.83. The molecule has 3 aromatic rings. The number of halogens is 3. The first-order valence-electron chi connectivity index (χ1n) is 11.6. The molecule has 0 radical (unpaired) electrons. The Labute approximate surface area is 207 Å². The minimum atomic E-state index is -4.84. The molecule has 1 heterocycles. The third-order valence-corrected chi connectivity index (χ3v) is 6.51. The third-order valence-electron chi connectivity index (χ3n) is 6.51. The van der Waals surface area contributed by atoms with Gasteiger partial charge in [0.2, 0.25) is 5.91 Å². The molecule has 36 heavy (non-hydrogen) atoms. The lowest BCUT2D eigenvalue weighted by atomic mass is 9.66. The first-order chi connectivity index (χ1) is 17.2. The van der Waals surface area contributed by atoms with E-state index in [9.17, 15) is 22.8 Å². The molecule has 0 saturated carbocycles. The second-order valence-corrected chi connectivity index (χ2v) is 8.83. The average molecular weight is 494 g/mol. The van der Waals surface area contributed by atoms with Crippen molar-refractivity contribution in [2.24, 2.45) is 16.4 Å². The Morgan fingerprint density at radius 1 is 0.917 bits per heavy atom. The van der Waals surface area contributed by atoms with Gasteiger partial charge in [-0.05, 0) is 36.6 Å². The monoisotopic (exact) mass is 493 g/mol. The van der Waals surface area contributed by atoms with Crippen LogP contribution in [-0.2, 0) is 22.6 Å². The summed E-state index contributed by atoms with van der Waals surface area (Å²) in [4.78, 5) is 26.7. The largest absolute Gasteiger partial charge is 0.393 e. The Morgan fingerprint density at radius 2 is 1.44 bits per heavy atom. The zero-order valence-corrected chi connectivity index (χ0v) is 19.7. The van der Waals surface area contributed by atoms with Gasteiger partial charge < -0.3 is 5.32 Å². The molecule has 0 saturated heterocycles. The van der Waals surface area contributed by atoms with Crippen LogP contribution in [0, 0.1) is 11.3 Å². The van der Waals surface area contributed by atoms with E-state index in [1.165, 1.54) is 6.92 Å². The number of nitrogens with one attached hydrogen (secondary N) is 1. The smallest absolute Gasteiger partial charge is 0.352 e. The lowest BCUT2D eigenvalue weighted by molar-refractivity contribution is -0.200. The molecular weight excluding hydrogens is 467 g/mol. The molecule has 1 aliphatic heterocycles. The van der Waals surface area contributed by atoms with Crippen molar-refractivity contribution in [3.63, 3.8) is 0 Å². The minimum absolute atomic E-state index is 0.0263. The Morgan fingerprint density at radius 3 is 2.00 bits per heavy atom. The van der Waals surface area contributed by atoms with Crippen molar-refractivity contribution in [1.82, 2.24) is 5.32 Å². The predicted molar refractivity (Wildman–Crippen MR) is 132 cm³/mol. The highest BCUT2D eigenvalue weighted by molar-refractivity contribution is 6.19. The summed E-state index contributed by atoms with van der Waals surface area (Å²) in [6, 6.07) is 25.8. The van der Waals surface area contributed by atoms with Crippen LogP contribution in [0.5, 0.6) is 0 Å². The SMILES string of the molecule is CC1=NN(c2ccccc2)C(=O)[C@]1(Cc1ccccc1)[C@H](CC(=O)NCc1ccccc1)C(F)(F)F. The number of benzene rings is 3. The molecule has 0 bridgehead atoms. The molecule has 2 amide bonds. The van der Waals surface area contributed by atoms with Gasteiger partial charge in [0, 0.05) is 13.0 Å². The normalized spacial score (nSPS) is 18.6. The fraction of sp³-hybridized carbons (Fsp3) is 0.250. The molecule has 2 atom stereocenters. The maximum Gasteiger partial charge on any atom is 0.393 e. The number of para-hydroxylation sites is 1.